The summed E-state index contributed by atoms with van der Waals surface area (Å²) in [7, 11) is 0. The van der Waals surface area contributed by atoms with Crippen LogP contribution < -0.4 is 4.90 Å². The minimum Gasteiger partial charge on any atom is -0.312 e. The number of benzene rings is 1. The van der Waals surface area contributed by atoms with Crippen molar-refractivity contribution in [3.63, 3.8) is 0 Å². The van der Waals surface area contributed by atoms with Crippen LogP contribution in [0, 0.1) is 31.1 Å². The molecule has 0 aliphatic heterocycles. The first-order chi connectivity index (χ1) is 10.2. The third kappa shape index (κ3) is 3.04. The molecule has 1 saturated carbocycles. The number of anilines is 1. The SMILES string of the molecule is CCN(C(=O)[C@H]1[C@@H](C=C(Cl)Cl)C1(C)C)c1cccc(C)c1C. The van der Waals surface area contributed by atoms with Gasteiger partial charge in [-0.3, -0.25) is 4.79 Å². The molecular formula is C18H23Cl2NO. The summed E-state index contributed by atoms with van der Waals surface area (Å²) in [5.41, 5.74) is 3.24. The lowest BCUT2D eigenvalue weighted by atomic mass is 10.1. The standard InChI is InChI=1S/C18H23Cl2NO/c1-6-21(14-9-7-8-11(2)12(14)3)17(22)16-13(10-15(19)20)18(16,4)5/h7-10,13,16H,6H2,1-5H3/t13-,16-/m1/s1. The van der Waals surface area contributed by atoms with Gasteiger partial charge in [-0.25, -0.2) is 0 Å². The maximum absolute atomic E-state index is 13.0. The average molecular weight is 340 g/mol. The highest BCUT2D eigenvalue weighted by molar-refractivity contribution is 6.55. The van der Waals surface area contributed by atoms with Crippen LogP contribution in [0.25, 0.3) is 0 Å². The zero-order chi connectivity index (χ0) is 16.7. The summed E-state index contributed by atoms with van der Waals surface area (Å²) in [4.78, 5) is 14.9. The van der Waals surface area contributed by atoms with E-state index in [1.54, 1.807) is 6.08 Å². The lowest BCUT2D eigenvalue weighted by Gasteiger charge is -2.24. The second kappa shape index (κ2) is 6.25. The van der Waals surface area contributed by atoms with Gasteiger partial charge < -0.3 is 4.90 Å². The fourth-order valence-electron chi connectivity index (χ4n) is 3.24. The number of nitrogens with zero attached hydrogens (tertiary/aromatic N) is 1. The van der Waals surface area contributed by atoms with Crippen LogP contribution in [0.2, 0.25) is 0 Å². The van der Waals surface area contributed by atoms with Gasteiger partial charge in [0.2, 0.25) is 5.91 Å². The molecular weight excluding hydrogens is 317 g/mol. The summed E-state index contributed by atoms with van der Waals surface area (Å²) in [6.45, 7) is 11.0. The Labute approximate surface area is 143 Å². The largest absolute Gasteiger partial charge is 0.312 e. The molecule has 22 heavy (non-hydrogen) atoms. The molecule has 1 aromatic carbocycles. The smallest absolute Gasteiger partial charge is 0.231 e. The minimum absolute atomic E-state index is 0.0696. The summed E-state index contributed by atoms with van der Waals surface area (Å²) in [5, 5.41) is 0. The van der Waals surface area contributed by atoms with Gasteiger partial charge in [-0.05, 0) is 55.4 Å². The van der Waals surface area contributed by atoms with E-state index in [4.69, 9.17) is 23.2 Å². The zero-order valence-corrected chi connectivity index (χ0v) is 15.3. The maximum atomic E-state index is 13.0. The van der Waals surface area contributed by atoms with Gasteiger partial charge in [0.05, 0.1) is 5.92 Å². The van der Waals surface area contributed by atoms with Crippen molar-refractivity contribution in [1.29, 1.82) is 0 Å². The van der Waals surface area contributed by atoms with Crippen LogP contribution in [-0.2, 0) is 4.79 Å². The molecule has 0 saturated heterocycles. The van der Waals surface area contributed by atoms with Gasteiger partial charge in [-0.15, -0.1) is 0 Å². The van der Waals surface area contributed by atoms with Crippen LogP contribution in [0.3, 0.4) is 0 Å². The van der Waals surface area contributed by atoms with Crippen molar-refractivity contribution < 1.29 is 4.79 Å². The molecule has 1 amide bonds. The number of halogens is 2. The molecule has 0 bridgehead atoms. The molecule has 1 aliphatic carbocycles. The van der Waals surface area contributed by atoms with E-state index in [1.807, 2.05) is 24.0 Å². The summed E-state index contributed by atoms with van der Waals surface area (Å²) >= 11 is 11.6. The first kappa shape index (κ1) is 17.4. The number of aryl methyl sites for hydroxylation is 1. The number of carbonyl (C=O) groups excluding carboxylic acids is 1. The van der Waals surface area contributed by atoms with E-state index >= 15 is 0 Å². The lowest BCUT2D eigenvalue weighted by molar-refractivity contribution is -0.120. The first-order valence-electron chi connectivity index (χ1n) is 7.62. The van der Waals surface area contributed by atoms with Gasteiger partial charge in [0, 0.05) is 12.2 Å². The predicted molar refractivity (Wildman–Crippen MR) is 94.5 cm³/mol. The highest BCUT2D eigenvalue weighted by atomic mass is 35.5. The van der Waals surface area contributed by atoms with Crippen LogP contribution in [-0.4, -0.2) is 12.5 Å². The van der Waals surface area contributed by atoms with Crippen molar-refractivity contribution >= 4 is 34.8 Å². The number of amides is 1. The molecule has 0 radical (unpaired) electrons. The Morgan fingerprint density at radius 1 is 1.32 bits per heavy atom. The molecule has 120 valence electrons. The first-order valence-corrected chi connectivity index (χ1v) is 8.37. The van der Waals surface area contributed by atoms with Gasteiger partial charge in [0.15, 0.2) is 0 Å². The van der Waals surface area contributed by atoms with Crippen molar-refractivity contribution in [2.24, 2.45) is 17.3 Å². The Morgan fingerprint density at radius 2 is 1.95 bits per heavy atom. The number of hydrogen-bond donors (Lipinski definition) is 0. The Bertz CT molecular complexity index is 618. The van der Waals surface area contributed by atoms with E-state index in [9.17, 15) is 4.79 Å². The van der Waals surface area contributed by atoms with E-state index in [0.717, 1.165) is 11.3 Å². The molecule has 4 heteroatoms. The Balaban J connectivity index is 2.31. The molecule has 2 atom stereocenters. The van der Waals surface area contributed by atoms with Gasteiger partial charge in [-0.2, -0.15) is 0 Å². The monoisotopic (exact) mass is 339 g/mol. The number of allylic oxidation sites excluding steroid dienone is 1. The lowest BCUT2D eigenvalue weighted by Crippen LogP contribution is -2.34. The number of hydrogen-bond acceptors (Lipinski definition) is 1. The average Bonchev–Trinajstić information content (AvgIpc) is 2.95. The highest BCUT2D eigenvalue weighted by Crippen LogP contribution is 2.60. The molecule has 0 aromatic heterocycles. The molecule has 1 aromatic rings. The highest BCUT2D eigenvalue weighted by Gasteiger charge is 2.61. The molecule has 1 aliphatic rings. The van der Waals surface area contributed by atoms with Gasteiger partial charge in [-0.1, -0.05) is 49.2 Å². The molecule has 0 unspecified atom stereocenters. The fourth-order valence-corrected chi connectivity index (χ4v) is 3.51. The van der Waals surface area contributed by atoms with E-state index in [2.05, 4.69) is 33.8 Å². The molecule has 1 fully saturated rings. The topological polar surface area (TPSA) is 20.3 Å². The fraction of sp³-hybridized carbons (Fsp3) is 0.500. The summed E-state index contributed by atoms with van der Waals surface area (Å²) < 4.78 is 0.239. The van der Waals surface area contributed by atoms with Gasteiger partial charge in [0.1, 0.15) is 4.49 Å². The van der Waals surface area contributed by atoms with E-state index in [1.165, 1.54) is 5.56 Å². The Hall–Kier alpha value is -0.990. The quantitative estimate of drug-likeness (QED) is 0.733. The van der Waals surface area contributed by atoms with Crippen molar-refractivity contribution in [3.05, 3.63) is 39.9 Å². The van der Waals surface area contributed by atoms with Gasteiger partial charge >= 0.3 is 0 Å². The minimum atomic E-state index is -0.0999. The Kier molecular flexibility index (Phi) is 4.93. The van der Waals surface area contributed by atoms with E-state index in [0.29, 0.717) is 6.54 Å². The molecule has 2 nitrogen and oxygen atoms in total. The van der Waals surface area contributed by atoms with Crippen LogP contribution in [0.5, 0.6) is 0 Å². The molecule has 0 heterocycles. The third-order valence-electron chi connectivity index (χ3n) is 4.93. The number of carbonyl (C=O) groups is 1. The molecule has 0 spiro atoms. The second-order valence-electron chi connectivity index (χ2n) is 6.58. The van der Waals surface area contributed by atoms with E-state index < -0.39 is 0 Å². The normalized spacial score (nSPS) is 22.1. The van der Waals surface area contributed by atoms with Crippen molar-refractivity contribution in [2.75, 3.05) is 11.4 Å². The van der Waals surface area contributed by atoms with Gasteiger partial charge in [0.25, 0.3) is 0 Å². The third-order valence-corrected chi connectivity index (χ3v) is 5.18. The van der Waals surface area contributed by atoms with Crippen LogP contribution in [0.15, 0.2) is 28.8 Å². The van der Waals surface area contributed by atoms with Crippen molar-refractivity contribution in [3.8, 4) is 0 Å². The molecule has 2 rings (SSSR count). The van der Waals surface area contributed by atoms with Crippen LogP contribution in [0.4, 0.5) is 5.69 Å². The summed E-state index contributed by atoms with van der Waals surface area (Å²) in [6.07, 6.45) is 1.79. The maximum Gasteiger partial charge on any atom is 0.231 e. The molecule has 0 N–H and O–H groups in total. The van der Waals surface area contributed by atoms with Crippen LogP contribution in [0.1, 0.15) is 31.9 Å². The number of rotatable bonds is 4. The van der Waals surface area contributed by atoms with E-state index in [-0.39, 0.29) is 27.6 Å². The zero-order valence-electron chi connectivity index (χ0n) is 13.8. The Morgan fingerprint density at radius 3 is 2.50 bits per heavy atom. The summed E-state index contributed by atoms with van der Waals surface area (Å²) in [5.74, 6) is 0.182. The van der Waals surface area contributed by atoms with Crippen molar-refractivity contribution in [2.45, 2.75) is 34.6 Å². The summed E-state index contributed by atoms with van der Waals surface area (Å²) in [6, 6.07) is 6.08. The predicted octanol–water partition coefficient (Wildman–Crippen LogP) is 5.25. The van der Waals surface area contributed by atoms with Crippen molar-refractivity contribution in [1.82, 2.24) is 0 Å². The van der Waals surface area contributed by atoms with Crippen LogP contribution >= 0.6 is 23.2 Å². The second-order valence-corrected chi connectivity index (χ2v) is 7.59.